The van der Waals surface area contributed by atoms with Crippen LogP contribution in [0.15, 0.2) is 23.0 Å². The topological polar surface area (TPSA) is 133 Å². The van der Waals surface area contributed by atoms with Crippen molar-refractivity contribution >= 4 is 35.2 Å². The number of carbonyl (C=O) groups is 3. The SMILES string of the molecule is CCOC(=O)C1CCN(c2nc3c(c(=O)[nH]2)[C@H](C(=O)Nc2ccc(C)cc2C)CC(=O)N3)CC1. The molecule has 10 heteroatoms. The molecule has 1 fully saturated rings. The van der Waals surface area contributed by atoms with E-state index in [1.54, 1.807) is 13.0 Å². The van der Waals surface area contributed by atoms with Crippen LogP contribution in [-0.4, -0.2) is 47.4 Å². The Bertz CT molecular complexity index is 1180. The zero-order valence-corrected chi connectivity index (χ0v) is 19.6. The largest absolute Gasteiger partial charge is 0.466 e. The van der Waals surface area contributed by atoms with Gasteiger partial charge in [-0.25, -0.2) is 0 Å². The van der Waals surface area contributed by atoms with E-state index in [1.165, 1.54) is 0 Å². The number of esters is 1. The van der Waals surface area contributed by atoms with E-state index >= 15 is 0 Å². The second kappa shape index (κ2) is 9.66. The fourth-order valence-corrected chi connectivity index (χ4v) is 4.49. The lowest BCUT2D eigenvalue weighted by molar-refractivity contribution is -0.148. The van der Waals surface area contributed by atoms with Gasteiger partial charge in [-0.1, -0.05) is 17.7 Å². The highest BCUT2D eigenvalue weighted by atomic mass is 16.5. The van der Waals surface area contributed by atoms with Crippen LogP contribution < -0.4 is 21.1 Å². The fraction of sp³-hybridized carbons (Fsp3) is 0.458. The molecular formula is C24H29N5O5. The van der Waals surface area contributed by atoms with Crippen LogP contribution in [-0.2, 0) is 19.1 Å². The molecule has 0 radical (unpaired) electrons. The molecule has 2 aromatic rings. The van der Waals surface area contributed by atoms with E-state index in [1.807, 2.05) is 30.9 Å². The summed E-state index contributed by atoms with van der Waals surface area (Å²) in [6.45, 7) is 6.99. The van der Waals surface area contributed by atoms with E-state index in [4.69, 9.17) is 4.74 Å². The highest BCUT2D eigenvalue weighted by Crippen LogP contribution is 2.31. The van der Waals surface area contributed by atoms with Crippen LogP contribution in [0.5, 0.6) is 0 Å². The molecular weight excluding hydrogens is 438 g/mol. The van der Waals surface area contributed by atoms with Crippen LogP contribution in [0.3, 0.4) is 0 Å². The fourth-order valence-electron chi connectivity index (χ4n) is 4.49. The molecule has 1 aromatic heterocycles. The van der Waals surface area contributed by atoms with Crippen molar-refractivity contribution in [3.63, 3.8) is 0 Å². The van der Waals surface area contributed by atoms with Gasteiger partial charge in [0, 0.05) is 25.2 Å². The molecule has 1 aromatic carbocycles. The molecule has 0 unspecified atom stereocenters. The summed E-state index contributed by atoms with van der Waals surface area (Å²) in [7, 11) is 0. The number of nitrogens with one attached hydrogen (secondary N) is 3. The van der Waals surface area contributed by atoms with Crippen LogP contribution in [0.4, 0.5) is 17.5 Å². The molecule has 4 rings (SSSR count). The van der Waals surface area contributed by atoms with Gasteiger partial charge in [-0.15, -0.1) is 0 Å². The van der Waals surface area contributed by atoms with Crippen molar-refractivity contribution in [3.05, 3.63) is 45.2 Å². The number of aryl methyl sites for hydroxylation is 2. The molecule has 3 heterocycles. The lowest BCUT2D eigenvalue weighted by Gasteiger charge is -2.32. The van der Waals surface area contributed by atoms with Gasteiger partial charge < -0.3 is 20.3 Å². The highest BCUT2D eigenvalue weighted by molar-refractivity contribution is 6.04. The first kappa shape index (κ1) is 23.5. The Morgan fingerprint density at radius 2 is 1.94 bits per heavy atom. The number of amides is 2. The average molecular weight is 468 g/mol. The van der Waals surface area contributed by atoms with E-state index in [-0.39, 0.29) is 35.6 Å². The number of nitrogens with zero attached hydrogens (tertiary/aromatic N) is 2. The standard InChI is InChI=1S/C24H29N5O5/c1-4-34-23(33)15-7-9-29(10-8-15)24-27-20-19(22(32)28-24)16(12-18(30)26-20)21(31)25-17-6-5-13(2)11-14(17)3/h5-6,11,15-16H,4,7-10,12H2,1-3H3,(H,25,31)(H2,26,27,28,30,32)/t16-/m1/s1. The molecule has 0 bridgehead atoms. The molecule has 2 amide bonds. The Kier molecular flexibility index (Phi) is 6.67. The van der Waals surface area contributed by atoms with Crippen molar-refractivity contribution in [2.75, 3.05) is 35.2 Å². The zero-order chi connectivity index (χ0) is 24.4. The number of rotatable bonds is 5. The van der Waals surface area contributed by atoms with Crippen LogP contribution in [0.25, 0.3) is 0 Å². The summed E-state index contributed by atoms with van der Waals surface area (Å²) in [4.78, 5) is 59.6. The monoisotopic (exact) mass is 467 g/mol. The maximum atomic E-state index is 13.1. The van der Waals surface area contributed by atoms with E-state index < -0.39 is 17.4 Å². The predicted molar refractivity (Wildman–Crippen MR) is 127 cm³/mol. The number of H-pyrrole nitrogens is 1. The first-order valence-electron chi connectivity index (χ1n) is 11.5. The predicted octanol–water partition coefficient (Wildman–Crippen LogP) is 2.23. The third kappa shape index (κ3) is 4.80. The molecule has 2 aliphatic heterocycles. The maximum absolute atomic E-state index is 13.1. The second-order valence-corrected chi connectivity index (χ2v) is 8.78. The number of anilines is 3. The minimum atomic E-state index is -0.954. The van der Waals surface area contributed by atoms with Crippen LogP contribution in [0, 0.1) is 19.8 Å². The molecule has 10 nitrogen and oxygen atoms in total. The van der Waals surface area contributed by atoms with E-state index in [9.17, 15) is 19.2 Å². The number of carbonyl (C=O) groups excluding carboxylic acids is 3. The van der Waals surface area contributed by atoms with Gasteiger partial charge in [0.05, 0.1) is 24.0 Å². The average Bonchev–Trinajstić information content (AvgIpc) is 2.80. The van der Waals surface area contributed by atoms with Gasteiger partial charge in [-0.05, 0) is 45.2 Å². The number of benzene rings is 1. The van der Waals surface area contributed by atoms with Crippen molar-refractivity contribution < 1.29 is 19.1 Å². The molecule has 0 saturated carbocycles. The Morgan fingerprint density at radius 3 is 2.62 bits per heavy atom. The smallest absolute Gasteiger partial charge is 0.309 e. The Hall–Kier alpha value is -3.69. The third-order valence-electron chi connectivity index (χ3n) is 6.31. The van der Waals surface area contributed by atoms with E-state index in [2.05, 4.69) is 20.6 Å². The van der Waals surface area contributed by atoms with Crippen LogP contribution in [0.1, 0.15) is 48.8 Å². The zero-order valence-electron chi connectivity index (χ0n) is 19.6. The van der Waals surface area contributed by atoms with Gasteiger partial charge in [0.25, 0.3) is 5.56 Å². The lowest BCUT2D eigenvalue weighted by Crippen LogP contribution is -2.41. The number of aromatic amines is 1. The molecule has 180 valence electrons. The minimum absolute atomic E-state index is 0.100. The molecule has 2 aliphatic rings. The molecule has 1 saturated heterocycles. The Morgan fingerprint density at radius 1 is 1.21 bits per heavy atom. The third-order valence-corrected chi connectivity index (χ3v) is 6.31. The van der Waals surface area contributed by atoms with Crippen molar-refractivity contribution in [2.24, 2.45) is 5.92 Å². The lowest BCUT2D eigenvalue weighted by atomic mass is 9.92. The first-order chi connectivity index (χ1) is 16.3. The summed E-state index contributed by atoms with van der Waals surface area (Å²) in [5, 5.41) is 5.49. The van der Waals surface area contributed by atoms with Crippen molar-refractivity contribution in [3.8, 4) is 0 Å². The quantitative estimate of drug-likeness (QED) is 0.574. The molecule has 34 heavy (non-hydrogen) atoms. The van der Waals surface area contributed by atoms with E-state index in [0.717, 1.165) is 11.1 Å². The molecule has 0 aliphatic carbocycles. The second-order valence-electron chi connectivity index (χ2n) is 8.78. The van der Waals surface area contributed by atoms with Gasteiger partial charge in [-0.3, -0.25) is 24.2 Å². The molecule has 3 N–H and O–H groups in total. The van der Waals surface area contributed by atoms with Gasteiger partial charge in [0.15, 0.2) is 0 Å². The van der Waals surface area contributed by atoms with Gasteiger partial charge in [0.1, 0.15) is 5.82 Å². The first-order valence-corrected chi connectivity index (χ1v) is 11.5. The summed E-state index contributed by atoms with van der Waals surface area (Å²) in [5.41, 5.74) is 2.27. The number of aromatic nitrogens is 2. The number of piperidine rings is 1. The van der Waals surface area contributed by atoms with Crippen molar-refractivity contribution in [2.45, 2.75) is 46.0 Å². The maximum Gasteiger partial charge on any atom is 0.309 e. The number of ether oxygens (including phenoxy) is 1. The van der Waals surface area contributed by atoms with Crippen molar-refractivity contribution in [1.82, 2.24) is 9.97 Å². The Balaban J connectivity index is 1.55. The summed E-state index contributed by atoms with van der Waals surface area (Å²) < 4.78 is 5.10. The van der Waals surface area contributed by atoms with Crippen molar-refractivity contribution in [1.29, 1.82) is 0 Å². The molecule has 0 spiro atoms. The van der Waals surface area contributed by atoms with Gasteiger partial charge >= 0.3 is 5.97 Å². The minimum Gasteiger partial charge on any atom is -0.466 e. The van der Waals surface area contributed by atoms with Gasteiger partial charge in [-0.2, -0.15) is 4.98 Å². The van der Waals surface area contributed by atoms with Crippen LogP contribution in [0.2, 0.25) is 0 Å². The number of fused-ring (bicyclic) bond motifs is 1. The summed E-state index contributed by atoms with van der Waals surface area (Å²) >= 11 is 0. The highest BCUT2D eigenvalue weighted by Gasteiger charge is 2.36. The summed E-state index contributed by atoms with van der Waals surface area (Å²) in [6.07, 6.45) is 1.01. The number of hydrogen-bond acceptors (Lipinski definition) is 7. The summed E-state index contributed by atoms with van der Waals surface area (Å²) in [5.74, 6) is -1.75. The Labute approximate surface area is 197 Å². The summed E-state index contributed by atoms with van der Waals surface area (Å²) in [6, 6.07) is 5.64. The van der Waals surface area contributed by atoms with E-state index in [0.29, 0.717) is 44.2 Å². The van der Waals surface area contributed by atoms with Gasteiger partial charge in [0.2, 0.25) is 17.8 Å². The number of hydrogen-bond donors (Lipinski definition) is 3. The van der Waals surface area contributed by atoms with Crippen LogP contribution >= 0.6 is 0 Å². The molecule has 1 atom stereocenters. The normalized spacial score (nSPS) is 18.1.